The molecule has 0 aliphatic carbocycles. The molecule has 0 saturated carbocycles. The lowest BCUT2D eigenvalue weighted by Crippen LogP contribution is -2.33. The van der Waals surface area contributed by atoms with Crippen LogP contribution in [0.1, 0.15) is 36.6 Å². The summed E-state index contributed by atoms with van der Waals surface area (Å²) < 4.78 is 2.84. The van der Waals surface area contributed by atoms with Crippen LogP contribution in [-0.2, 0) is 13.6 Å². The van der Waals surface area contributed by atoms with Crippen molar-refractivity contribution in [1.82, 2.24) is 19.3 Å². The topological polar surface area (TPSA) is 92.9 Å². The third-order valence-corrected chi connectivity index (χ3v) is 3.45. The first-order valence-corrected chi connectivity index (χ1v) is 6.36. The number of aryl methyl sites for hydroxylation is 1. The van der Waals surface area contributed by atoms with Gasteiger partial charge in [0.1, 0.15) is 0 Å². The normalized spacial score (nSPS) is 11.2. The monoisotopic (exact) mass is 278 g/mol. The Morgan fingerprint density at radius 3 is 2.55 bits per heavy atom. The number of H-pyrrole nitrogens is 1. The summed E-state index contributed by atoms with van der Waals surface area (Å²) in [5.74, 6) is -0.461. The lowest BCUT2D eigenvalue weighted by molar-refractivity contribution is 0.398. The molecule has 2 N–H and O–H groups in total. The van der Waals surface area contributed by atoms with Crippen molar-refractivity contribution in [2.24, 2.45) is 7.05 Å². The van der Waals surface area contributed by atoms with Crippen molar-refractivity contribution < 1.29 is 5.11 Å². The molecule has 20 heavy (non-hydrogen) atoms. The number of hydrogen-bond acceptors (Lipinski definition) is 4. The first-order chi connectivity index (χ1) is 9.32. The van der Waals surface area contributed by atoms with Gasteiger partial charge in [0, 0.05) is 18.3 Å². The fraction of sp³-hybridized carbons (Fsp3) is 0.462. The van der Waals surface area contributed by atoms with Gasteiger partial charge in [0.2, 0.25) is 5.88 Å². The third-order valence-electron chi connectivity index (χ3n) is 3.45. The first-order valence-electron chi connectivity index (χ1n) is 6.36. The summed E-state index contributed by atoms with van der Waals surface area (Å²) in [5, 5.41) is 14.3. The first kappa shape index (κ1) is 14.1. The second kappa shape index (κ2) is 4.99. The van der Waals surface area contributed by atoms with E-state index in [1.54, 1.807) is 31.8 Å². The maximum Gasteiger partial charge on any atom is 0.331 e. The van der Waals surface area contributed by atoms with Gasteiger partial charge in [-0.15, -0.1) is 0 Å². The minimum Gasteiger partial charge on any atom is -0.494 e. The van der Waals surface area contributed by atoms with E-state index < -0.39 is 11.2 Å². The maximum atomic E-state index is 11.9. The lowest BCUT2D eigenvalue weighted by Gasteiger charge is -2.13. The quantitative estimate of drug-likeness (QED) is 0.852. The zero-order valence-corrected chi connectivity index (χ0v) is 12.0. The van der Waals surface area contributed by atoms with Gasteiger partial charge in [0.25, 0.3) is 5.56 Å². The van der Waals surface area contributed by atoms with Crippen LogP contribution in [0.3, 0.4) is 0 Å². The van der Waals surface area contributed by atoms with Gasteiger partial charge in [-0.2, -0.15) is 5.10 Å². The highest BCUT2D eigenvalue weighted by Crippen LogP contribution is 2.20. The van der Waals surface area contributed by atoms with Gasteiger partial charge in [-0.3, -0.25) is 19.0 Å². The number of aromatic amines is 1. The average Bonchev–Trinajstić information content (AvgIpc) is 2.65. The zero-order valence-electron chi connectivity index (χ0n) is 12.0. The van der Waals surface area contributed by atoms with Gasteiger partial charge < -0.3 is 5.11 Å². The van der Waals surface area contributed by atoms with Crippen LogP contribution in [0.2, 0.25) is 0 Å². The van der Waals surface area contributed by atoms with E-state index in [0.717, 1.165) is 15.8 Å². The third kappa shape index (κ3) is 2.26. The van der Waals surface area contributed by atoms with Crippen LogP contribution in [0.4, 0.5) is 0 Å². The van der Waals surface area contributed by atoms with Gasteiger partial charge in [0.05, 0.1) is 18.3 Å². The van der Waals surface area contributed by atoms with Crippen molar-refractivity contribution >= 4 is 0 Å². The number of rotatable bonds is 3. The van der Waals surface area contributed by atoms with Crippen LogP contribution < -0.4 is 11.2 Å². The summed E-state index contributed by atoms with van der Waals surface area (Å²) >= 11 is 0. The molecule has 2 aromatic heterocycles. The fourth-order valence-electron chi connectivity index (χ4n) is 2.11. The predicted octanol–water partition coefficient (Wildman–Crippen LogP) is 0.456. The largest absolute Gasteiger partial charge is 0.494 e. The van der Waals surface area contributed by atoms with E-state index in [0.29, 0.717) is 0 Å². The molecule has 2 heterocycles. The van der Waals surface area contributed by atoms with Gasteiger partial charge >= 0.3 is 5.69 Å². The van der Waals surface area contributed by atoms with Gasteiger partial charge in [0.15, 0.2) is 0 Å². The molecular formula is C13H18N4O3. The number of nitrogens with zero attached hydrogens (tertiary/aromatic N) is 3. The van der Waals surface area contributed by atoms with Gasteiger partial charge in [-0.25, -0.2) is 4.79 Å². The summed E-state index contributed by atoms with van der Waals surface area (Å²) in [6.45, 7) is 5.61. The molecule has 7 heteroatoms. The van der Waals surface area contributed by atoms with E-state index in [1.165, 1.54) is 0 Å². The fourth-order valence-corrected chi connectivity index (χ4v) is 2.11. The second-order valence-electron chi connectivity index (χ2n) is 5.12. The van der Waals surface area contributed by atoms with Crippen LogP contribution >= 0.6 is 0 Å². The van der Waals surface area contributed by atoms with E-state index >= 15 is 0 Å². The molecule has 0 amide bonds. The average molecular weight is 278 g/mol. The van der Waals surface area contributed by atoms with E-state index in [2.05, 4.69) is 10.1 Å². The van der Waals surface area contributed by atoms with Crippen LogP contribution in [0.25, 0.3) is 0 Å². The molecular weight excluding hydrogens is 260 g/mol. The Morgan fingerprint density at radius 2 is 2.05 bits per heavy atom. The number of hydrogen-bond donors (Lipinski definition) is 2. The second-order valence-corrected chi connectivity index (χ2v) is 5.12. The Hall–Kier alpha value is -2.31. The number of aromatic hydroxyl groups is 1. The standard InChI is InChI=1S/C13H18N4O3/c1-7(2)10-11(18)15-13(20)17(12(10)19)6-9-5-14-16(4)8(9)3/h5,7,19H,6H2,1-4H3,(H,15,18,20). The predicted molar refractivity (Wildman–Crippen MR) is 74.1 cm³/mol. The molecule has 0 unspecified atom stereocenters. The molecule has 0 atom stereocenters. The summed E-state index contributed by atoms with van der Waals surface area (Å²) in [5.41, 5.74) is 0.758. The molecule has 2 aromatic rings. The van der Waals surface area contributed by atoms with Crippen LogP contribution in [0, 0.1) is 6.92 Å². The van der Waals surface area contributed by atoms with Crippen LogP contribution in [-0.4, -0.2) is 24.4 Å². The minimum atomic E-state index is -0.625. The summed E-state index contributed by atoms with van der Waals surface area (Å²) in [7, 11) is 1.80. The van der Waals surface area contributed by atoms with E-state index in [1.807, 2.05) is 6.92 Å². The Labute approximate surface area is 115 Å². The summed E-state index contributed by atoms with van der Waals surface area (Å²) in [6, 6.07) is 0. The molecule has 0 aliphatic rings. The Bertz CT molecular complexity index is 752. The number of nitrogens with one attached hydrogen (secondary N) is 1. The summed E-state index contributed by atoms with van der Waals surface area (Å²) in [4.78, 5) is 25.9. The molecule has 0 radical (unpaired) electrons. The molecule has 0 bridgehead atoms. The number of aromatic nitrogens is 4. The Kier molecular flexibility index (Phi) is 3.52. The molecule has 0 aliphatic heterocycles. The highest BCUT2D eigenvalue weighted by Gasteiger charge is 2.18. The van der Waals surface area contributed by atoms with Crippen LogP contribution in [0.15, 0.2) is 15.8 Å². The lowest BCUT2D eigenvalue weighted by atomic mass is 10.1. The summed E-state index contributed by atoms with van der Waals surface area (Å²) in [6.07, 6.45) is 1.64. The molecule has 2 rings (SSSR count). The van der Waals surface area contributed by atoms with Crippen molar-refractivity contribution in [3.05, 3.63) is 43.9 Å². The molecule has 0 fully saturated rings. The van der Waals surface area contributed by atoms with Gasteiger partial charge in [-0.05, 0) is 12.8 Å². The maximum absolute atomic E-state index is 11.9. The molecule has 108 valence electrons. The van der Waals surface area contributed by atoms with Crippen molar-refractivity contribution in [2.45, 2.75) is 33.2 Å². The molecule has 0 saturated heterocycles. The van der Waals surface area contributed by atoms with Gasteiger partial charge in [-0.1, -0.05) is 13.8 Å². The highest BCUT2D eigenvalue weighted by molar-refractivity contribution is 5.27. The molecule has 0 aromatic carbocycles. The van der Waals surface area contributed by atoms with Crippen molar-refractivity contribution in [3.8, 4) is 5.88 Å². The minimum absolute atomic E-state index is 0.168. The van der Waals surface area contributed by atoms with E-state index in [9.17, 15) is 14.7 Å². The van der Waals surface area contributed by atoms with Crippen molar-refractivity contribution in [3.63, 3.8) is 0 Å². The SMILES string of the molecule is Cc1c(Cn2c(O)c(C(C)C)c(=O)[nH]c2=O)cnn1C. The van der Waals surface area contributed by atoms with E-state index in [4.69, 9.17) is 0 Å². The zero-order chi connectivity index (χ0) is 15.0. The smallest absolute Gasteiger partial charge is 0.331 e. The Balaban J connectivity index is 2.58. The van der Waals surface area contributed by atoms with Crippen molar-refractivity contribution in [1.29, 1.82) is 0 Å². The Morgan fingerprint density at radius 1 is 1.40 bits per heavy atom. The highest BCUT2D eigenvalue weighted by atomic mass is 16.3. The van der Waals surface area contributed by atoms with E-state index in [-0.39, 0.29) is 23.9 Å². The molecule has 7 nitrogen and oxygen atoms in total. The van der Waals surface area contributed by atoms with Crippen molar-refractivity contribution in [2.75, 3.05) is 0 Å². The molecule has 0 spiro atoms. The van der Waals surface area contributed by atoms with Crippen LogP contribution in [0.5, 0.6) is 5.88 Å².